The van der Waals surface area contributed by atoms with Crippen LogP contribution in [-0.4, -0.2) is 31.9 Å². The third-order valence-electron chi connectivity index (χ3n) is 4.21. The molecule has 0 aliphatic carbocycles. The molecule has 7 heteroatoms. The molecule has 0 bridgehead atoms. The number of aliphatic hydroxyl groups is 1. The maximum Gasteiger partial charge on any atom is 0.319 e. The van der Waals surface area contributed by atoms with Gasteiger partial charge in [0, 0.05) is 15.6 Å². The van der Waals surface area contributed by atoms with Crippen LogP contribution in [0, 0.1) is 0 Å². The third kappa shape index (κ3) is 4.32. The van der Waals surface area contributed by atoms with E-state index in [0.29, 0.717) is 17.2 Å². The molecule has 1 heterocycles. The molecule has 0 spiro atoms. The molecule has 27 heavy (non-hydrogen) atoms. The van der Waals surface area contributed by atoms with Crippen LogP contribution in [0.25, 0.3) is 10.1 Å². The van der Waals surface area contributed by atoms with E-state index in [2.05, 4.69) is 10.6 Å². The molecule has 3 rings (SSSR count). The molecule has 0 saturated heterocycles. The fourth-order valence-electron chi connectivity index (χ4n) is 2.66. The standard InChI is InChI=1S/C20H22N2O4S/c1-20(24,18-10-13-6-4-5-7-17(13)27-18)12-21-19(23)22-15-9-8-14(25-2)11-16(15)26-3/h4-11,24H,12H2,1-3H3,(H2,21,22,23). The summed E-state index contributed by atoms with van der Waals surface area (Å²) in [4.78, 5) is 13.1. The summed E-state index contributed by atoms with van der Waals surface area (Å²) in [5, 5.41) is 17.3. The summed E-state index contributed by atoms with van der Waals surface area (Å²) in [7, 11) is 3.08. The molecule has 0 aliphatic heterocycles. The van der Waals surface area contributed by atoms with Crippen molar-refractivity contribution in [1.29, 1.82) is 0 Å². The van der Waals surface area contributed by atoms with Gasteiger partial charge < -0.3 is 25.2 Å². The summed E-state index contributed by atoms with van der Waals surface area (Å²) in [5.41, 5.74) is -0.664. The van der Waals surface area contributed by atoms with Gasteiger partial charge in [0.15, 0.2) is 0 Å². The summed E-state index contributed by atoms with van der Waals surface area (Å²) in [6.07, 6.45) is 0. The topological polar surface area (TPSA) is 79.8 Å². The van der Waals surface area contributed by atoms with Crippen LogP contribution in [0.3, 0.4) is 0 Å². The van der Waals surface area contributed by atoms with Crippen LogP contribution in [0.2, 0.25) is 0 Å². The Morgan fingerprint density at radius 3 is 2.63 bits per heavy atom. The normalized spacial score (nSPS) is 13.0. The van der Waals surface area contributed by atoms with E-state index < -0.39 is 11.6 Å². The van der Waals surface area contributed by atoms with Gasteiger partial charge in [-0.2, -0.15) is 0 Å². The number of nitrogens with one attached hydrogen (secondary N) is 2. The molecule has 1 atom stereocenters. The Morgan fingerprint density at radius 1 is 1.15 bits per heavy atom. The van der Waals surface area contributed by atoms with Crippen molar-refractivity contribution in [1.82, 2.24) is 5.32 Å². The number of hydrogen-bond donors (Lipinski definition) is 3. The number of carbonyl (C=O) groups is 1. The number of thiophene rings is 1. The molecule has 3 aromatic rings. The van der Waals surface area contributed by atoms with Gasteiger partial charge in [-0.05, 0) is 36.6 Å². The summed E-state index contributed by atoms with van der Waals surface area (Å²) < 4.78 is 11.5. The number of fused-ring (bicyclic) bond motifs is 1. The molecule has 2 amide bonds. The molecular weight excluding hydrogens is 364 g/mol. The molecule has 1 aromatic heterocycles. The number of ether oxygens (including phenoxy) is 2. The number of anilines is 1. The maximum atomic E-state index is 12.3. The molecule has 0 fully saturated rings. The minimum atomic E-state index is -1.18. The van der Waals surface area contributed by atoms with Crippen LogP contribution in [0.1, 0.15) is 11.8 Å². The second-order valence-corrected chi connectivity index (χ2v) is 7.38. The first-order chi connectivity index (χ1) is 12.9. The van der Waals surface area contributed by atoms with Gasteiger partial charge in [-0.1, -0.05) is 18.2 Å². The number of amides is 2. The Balaban J connectivity index is 1.66. The predicted molar refractivity (Wildman–Crippen MR) is 108 cm³/mol. The van der Waals surface area contributed by atoms with Crippen molar-refractivity contribution in [3.8, 4) is 11.5 Å². The number of rotatable bonds is 6. The van der Waals surface area contributed by atoms with Crippen LogP contribution in [0.15, 0.2) is 48.5 Å². The van der Waals surface area contributed by atoms with Crippen molar-refractivity contribution in [2.75, 3.05) is 26.1 Å². The molecule has 0 radical (unpaired) electrons. The lowest BCUT2D eigenvalue weighted by Gasteiger charge is -2.22. The Hall–Kier alpha value is -2.77. The van der Waals surface area contributed by atoms with E-state index in [-0.39, 0.29) is 6.54 Å². The molecule has 0 saturated carbocycles. The summed E-state index contributed by atoms with van der Waals surface area (Å²) in [6, 6.07) is 14.6. The largest absolute Gasteiger partial charge is 0.497 e. The Kier molecular flexibility index (Phi) is 5.53. The third-order valence-corrected chi connectivity index (χ3v) is 5.58. The second-order valence-electron chi connectivity index (χ2n) is 6.30. The highest BCUT2D eigenvalue weighted by molar-refractivity contribution is 7.19. The zero-order chi connectivity index (χ0) is 19.4. The first-order valence-electron chi connectivity index (χ1n) is 8.41. The number of hydrogen-bond acceptors (Lipinski definition) is 5. The molecular formula is C20H22N2O4S. The molecule has 6 nitrogen and oxygen atoms in total. The smallest absolute Gasteiger partial charge is 0.319 e. The highest BCUT2D eigenvalue weighted by Gasteiger charge is 2.26. The van der Waals surface area contributed by atoms with Crippen molar-refractivity contribution in [3.05, 3.63) is 53.4 Å². The molecule has 0 aliphatic rings. The van der Waals surface area contributed by atoms with E-state index in [0.717, 1.165) is 15.0 Å². The Labute approximate surface area is 161 Å². The fraction of sp³-hybridized carbons (Fsp3) is 0.250. The van der Waals surface area contributed by atoms with Crippen molar-refractivity contribution >= 4 is 33.1 Å². The highest BCUT2D eigenvalue weighted by Crippen LogP contribution is 2.33. The lowest BCUT2D eigenvalue weighted by atomic mass is 10.0. The number of urea groups is 1. The molecule has 142 valence electrons. The highest BCUT2D eigenvalue weighted by atomic mass is 32.1. The number of benzene rings is 2. The van der Waals surface area contributed by atoms with Crippen LogP contribution >= 0.6 is 11.3 Å². The van der Waals surface area contributed by atoms with Crippen LogP contribution in [0.5, 0.6) is 11.5 Å². The van der Waals surface area contributed by atoms with Gasteiger partial charge in [-0.15, -0.1) is 11.3 Å². The predicted octanol–water partition coefficient (Wildman–Crippen LogP) is 3.95. The van der Waals surface area contributed by atoms with Gasteiger partial charge in [0.05, 0.1) is 26.5 Å². The van der Waals surface area contributed by atoms with Crippen LogP contribution in [-0.2, 0) is 5.60 Å². The summed E-state index contributed by atoms with van der Waals surface area (Å²) >= 11 is 1.51. The van der Waals surface area contributed by atoms with Crippen molar-refractivity contribution in [3.63, 3.8) is 0 Å². The maximum absolute atomic E-state index is 12.3. The van der Waals surface area contributed by atoms with Gasteiger partial charge in [0.25, 0.3) is 0 Å². The van der Waals surface area contributed by atoms with Crippen molar-refractivity contribution < 1.29 is 19.4 Å². The average Bonchev–Trinajstić information content (AvgIpc) is 3.12. The van der Waals surface area contributed by atoms with Gasteiger partial charge in [0.2, 0.25) is 0 Å². The lowest BCUT2D eigenvalue weighted by Crippen LogP contribution is -2.40. The molecule has 2 aromatic carbocycles. The fourth-order valence-corrected chi connectivity index (χ4v) is 3.76. The van der Waals surface area contributed by atoms with Crippen LogP contribution in [0.4, 0.5) is 10.5 Å². The van der Waals surface area contributed by atoms with E-state index >= 15 is 0 Å². The van der Waals surface area contributed by atoms with Crippen LogP contribution < -0.4 is 20.1 Å². The van der Waals surface area contributed by atoms with E-state index in [1.807, 2.05) is 30.3 Å². The SMILES string of the molecule is COc1ccc(NC(=O)NCC(C)(O)c2cc3ccccc3s2)c(OC)c1. The zero-order valence-corrected chi connectivity index (χ0v) is 16.2. The Bertz CT molecular complexity index is 919. The van der Waals surface area contributed by atoms with Crippen molar-refractivity contribution in [2.24, 2.45) is 0 Å². The van der Waals surface area contributed by atoms with E-state index in [1.54, 1.807) is 32.2 Å². The monoisotopic (exact) mass is 386 g/mol. The van der Waals surface area contributed by atoms with E-state index in [9.17, 15) is 9.90 Å². The van der Waals surface area contributed by atoms with Crippen molar-refractivity contribution in [2.45, 2.75) is 12.5 Å². The molecule has 1 unspecified atom stereocenters. The minimum Gasteiger partial charge on any atom is -0.497 e. The number of methoxy groups -OCH3 is 2. The summed E-state index contributed by atoms with van der Waals surface area (Å²) in [5.74, 6) is 1.12. The van der Waals surface area contributed by atoms with Gasteiger partial charge >= 0.3 is 6.03 Å². The van der Waals surface area contributed by atoms with Gasteiger partial charge in [-0.25, -0.2) is 4.79 Å². The number of carbonyl (C=O) groups excluding carboxylic acids is 1. The first-order valence-corrected chi connectivity index (χ1v) is 9.23. The molecule has 3 N–H and O–H groups in total. The average molecular weight is 386 g/mol. The van der Waals surface area contributed by atoms with E-state index in [1.165, 1.54) is 18.4 Å². The van der Waals surface area contributed by atoms with Gasteiger partial charge in [0.1, 0.15) is 17.1 Å². The second kappa shape index (κ2) is 7.85. The zero-order valence-electron chi connectivity index (χ0n) is 15.4. The Morgan fingerprint density at radius 2 is 1.93 bits per heavy atom. The van der Waals surface area contributed by atoms with E-state index in [4.69, 9.17) is 9.47 Å². The minimum absolute atomic E-state index is 0.0735. The quantitative estimate of drug-likeness (QED) is 0.599. The summed E-state index contributed by atoms with van der Waals surface area (Å²) in [6.45, 7) is 1.76. The lowest BCUT2D eigenvalue weighted by molar-refractivity contribution is 0.0638. The first kappa shape index (κ1) is 19.0. The van der Waals surface area contributed by atoms with Gasteiger partial charge in [-0.3, -0.25) is 0 Å².